The van der Waals surface area contributed by atoms with E-state index in [4.69, 9.17) is 0 Å². The molecule has 0 saturated heterocycles. The van der Waals surface area contributed by atoms with E-state index in [1.807, 2.05) is 0 Å². The molecule has 1 saturated carbocycles. The first-order chi connectivity index (χ1) is 10.3. The van der Waals surface area contributed by atoms with Gasteiger partial charge in [-0.2, -0.15) is 0 Å². The molecule has 0 heterocycles. The molecule has 0 spiro atoms. The lowest BCUT2D eigenvalue weighted by molar-refractivity contribution is -0.146. The molecule has 120 valence electrons. The average molecular weight is 311 g/mol. The summed E-state index contributed by atoms with van der Waals surface area (Å²) >= 11 is 0. The summed E-state index contributed by atoms with van der Waals surface area (Å²) < 4.78 is 27.2. The summed E-state index contributed by atoms with van der Waals surface area (Å²) in [6, 6.07) is 3.41. The van der Waals surface area contributed by atoms with Crippen molar-refractivity contribution in [1.82, 2.24) is 5.32 Å². The van der Waals surface area contributed by atoms with Crippen molar-refractivity contribution in [3.63, 3.8) is 0 Å². The number of carbonyl (C=O) groups excluding carboxylic acids is 1. The zero-order chi connectivity index (χ0) is 16.3. The van der Waals surface area contributed by atoms with Crippen LogP contribution in [-0.2, 0) is 16.0 Å². The number of hydrogen-bond donors (Lipinski definition) is 2. The lowest BCUT2D eigenvalue weighted by Crippen LogP contribution is -2.55. The van der Waals surface area contributed by atoms with Crippen LogP contribution in [0.2, 0.25) is 0 Å². The molecule has 1 aromatic carbocycles. The van der Waals surface area contributed by atoms with Gasteiger partial charge in [-0.25, -0.2) is 8.78 Å². The Morgan fingerprint density at radius 1 is 1.32 bits per heavy atom. The van der Waals surface area contributed by atoms with Crippen LogP contribution in [0.15, 0.2) is 18.2 Å². The first kappa shape index (κ1) is 16.4. The van der Waals surface area contributed by atoms with Crippen molar-refractivity contribution >= 4 is 11.9 Å². The summed E-state index contributed by atoms with van der Waals surface area (Å²) in [5.41, 5.74) is -1.19. The van der Waals surface area contributed by atoms with Crippen LogP contribution in [0.25, 0.3) is 0 Å². The third-order valence-electron chi connectivity index (χ3n) is 4.33. The van der Waals surface area contributed by atoms with E-state index in [0.29, 0.717) is 12.8 Å². The Morgan fingerprint density at radius 2 is 1.95 bits per heavy atom. The summed E-state index contributed by atoms with van der Waals surface area (Å²) in [6.45, 7) is 1.68. The van der Waals surface area contributed by atoms with Gasteiger partial charge in [0, 0.05) is 5.56 Å². The maximum Gasteiger partial charge on any atom is 0.308 e. The van der Waals surface area contributed by atoms with E-state index in [1.54, 1.807) is 6.92 Å². The molecule has 2 atom stereocenters. The van der Waals surface area contributed by atoms with E-state index in [0.717, 1.165) is 25.0 Å². The van der Waals surface area contributed by atoms with Crippen molar-refractivity contribution in [2.45, 2.75) is 44.6 Å². The number of rotatable bonds is 4. The standard InChI is InChI=1S/C16H19F2NO3/c1-16(8-3-2-5-11(16)15(21)22)19-14(20)9-10-12(17)6-4-7-13(10)18/h4,6-7,11H,2-3,5,8-9H2,1H3,(H,19,20)(H,21,22). The predicted molar refractivity (Wildman–Crippen MR) is 76.2 cm³/mol. The zero-order valence-electron chi connectivity index (χ0n) is 12.4. The molecule has 1 aromatic rings. The number of carbonyl (C=O) groups is 2. The van der Waals surface area contributed by atoms with Crippen molar-refractivity contribution < 1.29 is 23.5 Å². The predicted octanol–water partition coefficient (Wildman–Crippen LogP) is 2.66. The summed E-state index contributed by atoms with van der Waals surface area (Å²) in [5.74, 6) is -3.77. The van der Waals surface area contributed by atoms with Crippen LogP contribution in [0.1, 0.15) is 38.2 Å². The normalized spacial score (nSPS) is 24.8. The molecule has 2 unspecified atom stereocenters. The quantitative estimate of drug-likeness (QED) is 0.898. The van der Waals surface area contributed by atoms with Crippen LogP contribution in [0, 0.1) is 17.6 Å². The fraction of sp³-hybridized carbons (Fsp3) is 0.500. The maximum absolute atomic E-state index is 13.6. The van der Waals surface area contributed by atoms with E-state index >= 15 is 0 Å². The molecule has 0 bridgehead atoms. The fourth-order valence-electron chi connectivity index (χ4n) is 3.10. The van der Waals surface area contributed by atoms with Gasteiger partial charge in [-0.3, -0.25) is 9.59 Å². The van der Waals surface area contributed by atoms with Gasteiger partial charge >= 0.3 is 5.97 Å². The van der Waals surface area contributed by atoms with Gasteiger partial charge in [0.05, 0.1) is 17.9 Å². The molecule has 1 aliphatic carbocycles. The van der Waals surface area contributed by atoms with E-state index in [2.05, 4.69) is 5.32 Å². The molecular formula is C16H19F2NO3. The molecular weight excluding hydrogens is 292 g/mol. The summed E-state index contributed by atoms with van der Waals surface area (Å²) in [6.07, 6.45) is 2.19. The monoisotopic (exact) mass is 311 g/mol. The molecule has 22 heavy (non-hydrogen) atoms. The minimum atomic E-state index is -0.959. The Hall–Kier alpha value is -1.98. The summed E-state index contributed by atoms with van der Waals surface area (Å²) in [7, 11) is 0. The summed E-state index contributed by atoms with van der Waals surface area (Å²) in [5, 5.41) is 12.0. The molecule has 4 nitrogen and oxygen atoms in total. The topological polar surface area (TPSA) is 66.4 Å². The van der Waals surface area contributed by atoms with Gasteiger partial charge in [0.1, 0.15) is 11.6 Å². The molecule has 6 heteroatoms. The first-order valence-corrected chi connectivity index (χ1v) is 7.30. The van der Waals surface area contributed by atoms with Crippen LogP contribution < -0.4 is 5.32 Å². The first-order valence-electron chi connectivity index (χ1n) is 7.30. The van der Waals surface area contributed by atoms with Crippen molar-refractivity contribution in [3.8, 4) is 0 Å². The SMILES string of the molecule is CC1(NC(=O)Cc2c(F)cccc2F)CCCCC1C(=O)O. The van der Waals surface area contributed by atoms with Crippen molar-refractivity contribution in [2.24, 2.45) is 5.92 Å². The van der Waals surface area contributed by atoms with E-state index in [1.165, 1.54) is 6.07 Å². The minimum Gasteiger partial charge on any atom is -0.481 e. The van der Waals surface area contributed by atoms with Gasteiger partial charge in [0.15, 0.2) is 0 Å². The van der Waals surface area contributed by atoms with Gasteiger partial charge in [0.2, 0.25) is 5.91 Å². The highest BCUT2D eigenvalue weighted by atomic mass is 19.1. The third kappa shape index (κ3) is 3.43. The minimum absolute atomic E-state index is 0.300. The Morgan fingerprint density at radius 3 is 2.55 bits per heavy atom. The third-order valence-corrected chi connectivity index (χ3v) is 4.33. The van der Waals surface area contributed by atoms with Crippen LogP contribution in [0.4, 0.5) is 8.78 Å². The number of carboxylic acid groups (broad SMARTS) is 1. The lowest BCUT2D eigenvalue weighted by atomic mass is 9.74. The van der Waals surface area contributed by atoms with Gasteiger partial charge in [-0.15, -0.1) is 0 Å². The Bertz CT molecular complexity index is 571. The highest BCUT2D eigenvalue weighted by Crippen LogP contribution is 2.34. The number of carboxylic acids is 1. The molecule has 0 radical (unpaired) electrons. The van der Waals surface area contributed by atoms with Crippen LogP contribution in [0.5, 0.6) is 0 Å². The van der Waals surface area contributed by atoms with Crippen LogP contribution >= 0.6 is 0 Å². The molecule has 2 N–H and O–H groups in total. The fourth-order valence-corrected chi connectivity index (χ4v) is 3.10. The van der Waals surface area contributed by atoms with Crippen LogP contribution in [-0.4, -0.2) is 22.5 Å². The molecule has 0 aromatic heterocycles. The number of hydrogen-bond acceptors (Lipinski definition) is 2. The number of halogens is 2. The molecule has 1 fully saturated rings. The Kier molecular flexibility index (Phi) is 4.78. The summed E-state index contributed by atoms with van der Waals surface area (Å²) in [4.78, 5) is 23.5. The molecule has 0 aliphatic heterocycles. The van der Waals surface area contributed by atoms with Crippen molar-refractivity contribution in [1.29, 1.82) is 0 Å². The number of amides is 1. The number of nitrogens with one attached hydrogen (secondary N) is 1. The van der Waals surface area contributed by atoms with Crippen molar-refractivity contribution in [3.05, 3.63) is 35.4 Å². The van der Waals surface area contributed by atoms with Gasteiger partial charge in [0.25, 0.3) is 0 Å². The molecule has 2 rings (SSSR count). The zero-order valence-corrected chi connectivity index (χ0v) is 12.4. The highest BCUT2D eigenvalue weighted by Gasteiger charge is 2.42. The van der Waals surface area contributed by atoms with E-state index in [-0.39, 0.29) is 5.56 Å². The second-order valence-corrected chi connectivity index (χ2v) is 5.98. The molecule has 1 aliphatic rings. The van der Waals surface area contributed by atoms with Gasteiger partial charge in [-0.1, -0.05) is 18.9 Å². The van der Waals surface area contributed by atoms with E-state index in [9.17, 15) is 23.5 Å². The van der Waals surface area contributed by atoms with Gasteiger partial charge in [-0.05, 0) is 31.9 Å². The second kappa shape index (κ2) is 6.42. The number of benzene rings is 1. The van der Waals surface area contributed by atoms with Crippen LogP contribution in [0.3, 0.4) is 0 Å². The van der Waals surface area contributed by atoms with Crippen molar-refractivity contribution in [2.75, 3.05) is 0 Å². The molecule has 1 amide bonds. The second-order valence-electron chi connectivity index (χ2n) is 5.98. The lowest BCUT2D eigenvalue weighted by Gasteiger charge is -2.39. The Labute approximate surface area is 127 Å². The average Bonchev–Trinajstić information content (AvgIpc) is 2.42. The Balaban J connectivity index is 2.12. The smallest absolute Gasteiger partial charge is 0.308 e. The largest absolute Gasteiger partial charge is 0.481 e. The number of aliphatic carboxylic acids is 1. The maximum atomic E-state index is 13.6. The van der Waals surface area contributed by atoms with E-state index < -0.39 is 41.4 Å². The van der Waals surface area contributed by atoms with Gasteiger partial charge < -0.3 is 10.4 Å². The highest BCUT2D eigenvalue weighted by molar-refractivity contribution is 5.81.